The maximum absolute atomic E-state index is 11.8. The molecule has 0 fully saturated rings. The molecular formula is C12H15NO4. The van der Waals surface area contributed by atoms with Crippen LogP contribution in [0.5, 0.6) is 5.75 Å². The van der Waals surface area contributed by atoms with Gasteiger partial charge in [0.15, 0.2) is 11.8 Å². The summed E-state index contributed by atoms with van der Waals surface area (Å²) in [7, 11) is 1.44. The molecule has 5 nitrogen and oxygen atoms in total. The number of ketones is 1. The van der Waals surface area contributed by atoms with E-state index in [1.54, 1.807) is 24.3 Å². The largest absolute Gasteiger partial charge is 0.494 e. The van der Waals surface area contributed by atoms with Gasteiger partial charge in [-0.3, -0.25) is 9.59 Å². The lowest BCUT2D eigenvalue weighted by molar-refractivity contribution is -0.137. The first-order chi connectivity index (χ1) is 8.10. The van der Waals surface area contributed by atoms with Crippen molar-refractivity contribution in [3.63, 3.8) is 0 Å². The first kappa shape index (κ1) is 13.2. The molecule has 1 aromatic carbocycles. The molecule has 2 N–H and O–H groups in total. The fourth-order valence-electron chi connectivity index (χ4n) is 1.42. The number of rotatable bonds is 6. The number of benzene rings is 1. The Labute approximate surface area is 99.4 Å². The predicted molar refractivity (Wildman–Crippen MR) is 62.4 cm³/mol. The standard InChI is InChI=1S/C12H15NO4/c1-3-17-9-6-4-8(5-7-9)11(14)10(13-2)12(15)16/h4-7,10,13H,3H2,1-2H3,(H,15,16). The van der Waals surface area contributed by atoms with E-state index in [1.807, 2.05) is 6.92 Å². The van der Waals surface area contributed by atoms with Crippen molar-refractivity contribution in [3.05, 3.63) is 29.8 Å². The van der Waals surface area contributed by atoms with Crippen molar-refractivity contribution >= 4 is 11.8 Å². The van der Waals surface area contributed by atoms with Gasteiger partial charge in [0.05, 0.1) is 6.61 Å². The highest BCUT2D eigenvalue weighted by Gasteiger charge is 2.25. The number of carboxylic acid groups (broad SMARTS) is 1. The smallest absolute Gasteiger partial charge is 0.328 e. The molecule has 0 aliphatic heterocycles. The molecule has 17 heavy (non-hydrogen) atoms. The number of aliphatic carboxylic acids is 1. The van der Waals surface area contributed by atoms with Gasteiger partial charge in [-0.1, -0.05) is 0 Å². The highest BCUT2D eigenvalue weighted by atomic mass is 16.5. The van der Waals surface area contributed by atoms with Gasteiger partial charge in [0, 0.05) is 5.56 Å². The summed E-state index contributed by atoms with van der Waals surface area (Å²) in [6, 6.07) is 5.19. The van der Waals surface area contributed by atoms with Crippen LogP contribution < -0.4 is 10.1 Å². The van der Waals surface area contributed by atoms with Crippen molar-refractivity contribution in [1.82, 2.24) is 5.32 Å². The van der Waals surface area contributed by atoms with E-state index in [9.17, 15) is 9.59 Å². The fraction of sp³-hybridized carbons (Fsp3) is 0.333. The van der Waals surface area contributed by atoms with Crippen molar-refractivity contribution in [1.29, 1.82) is 0 Å². The molecule has 1 atom stereocenters. The molecule has 0 amide bonds. The predicted octanol–water partition coefficient (Wildman–Crippen LogP) is 0.941. The zero-order chi connectivity index (χ0) is 12.8. The Morgan fingerprint density at radius 3 is 2.35 bits per heavy atom. The van der Waals surface area contributed by atoms with Crippen LogP contribution >= 0.6 is 0 Å². The molecule has 0 radical (unpaired) electrons. The maximum atomic E-state index is 11.8. The van der Waals surface area contributed by atoms with Gasteiger partial charge in [-0.2, -0.15) is 0 Å². The number of hydrogen-bond acceptors (Lipinski definition) is 4. The van der Waals surface area contributed by atoms with Crippen LogP contribution in [0.3, 0.4) is 0 Å². The molecule has 0 aliphatic rings. The summed E-state index contributed by atoms with van der Waals surface area (Å²) < 4.78 is 5.23. The average Bonchev–Trinajstić information content (AvgIpc) is 2.30. The monoisotopic (exact) mass is 237 g/mol. The molecule has 0 aliphatic carbocycles. The minimum absolute atomic E-state index is 0.343. The lowest BCUT2D eigenvalue weighted by Crippen LogP contribution is -2.41. The second kappa shape index (κ2) is 6.00. The molecule has 0 aromatic heterocycles. The topological polar surface area (TPSA) is 75.6 Å². The number of likely N-dealkylation sites (N-methyl/N-ethyl adjacent to an activating group) is 1. The molecular weight excluding hydrogens is 222 g/mol. The van der Waals surface area contributed by atoms with Crippen molar-refractivity contribution in [2.75, 3.05) is 13.7 Å². The summed E-state index contributed by atoms with van der Waals surface area (Å²) in [6.45, 7) is 2.40. The number of carbonyl (C=O) groups is 2. The number of Topliss-reactive ketones (excluding diaryl/α,β-unsaturated/α-hetero) is 1. The van der Waals surface area contributed by atoms with E-state index in [0.717, 1.165) is 0 Å². The van der Waals surface area contributed by atoms with Crippen molar-refractivity contribution in [3.8, 4) is 5.75 Å². The van der Waals surface area contributed by atoms with Crippen LogP contribution in [0.25, 0.3) is 0 Å². The second-order valence-electron chi connectivity index (χ2n) is 3.38. The Bertz CT molecular complexity index is 399. The summed E-state index contributed by atoms with van der Waals surface area (Å²) in [5.74, 6) is -1.00. The number of hydrogen-bond donors (Lipinski definition) is 2. The van der Waals surface area contributed by atoms with Gasteiger partial charge < -0.3 is 15.2 Å². The third-order valence-electron chi connectivity index (χ3n) is 2.25. The quantitative estimate of drug-likeness (QED) is 0.569. The lowest BCUT2D eigenvalue weighted by atomic mass is 10.0. The minimum Gasteiger partial charge on any atom is -0.494 e. The van der Waals surface area contributed by atoms with E-state index in [1.165, 1.54) is 7.05 Å². The summed E-state index contributed by atoms with van der Waals surface area (Å²) in [4.78, 5) is 22.6. The van der Waals surface area contributed by atoms with Gasteiger partial charge in [0.25, 0.3) is 0 Å². The van der Waals surface area contributed by atoms with Crippen LogP contribution in [0.2, 0.25) is 0 Å². The average molecular weight is 237 g/mol. The van der Waals surface area contributed by atoms with Crippen LogP contribution in [0.4, 0.5) is 0 Å². The highest BCUT2D eigenvalue weighted by molar-refractivity contribution is 6.11. The van der Waals surface area contributed by atoms with E-state index in [0.29, 0.717) is 17.9 Å². The fourth-order valence-corrected chi connectivity index (χ4v) is 1.42. The van der Waals surface area contributed by atoms with Gasteiger partial charge in [-0.25, -0.2) is 0 Å². The first-order valence-corrected chi connectivity index (χ1v) is 5.27. The zero-order valence-electron chi connectivity index (χ0n) is 9.77. The van der Waals surface area contributed by atoms with Crippen LogP contribution in [0.15, 0.2) is 24.3 Å². The molecule has 0 saturated carbocycles. The number of carboxylic acids is 1. The van der Waals surface area contributed by atoms with Crippen LogP contribution in [0, 0.1) is 0 Å². The maximum Gasteiger partial charge on any atom is 0.328 e. The normalized spacial score (nSPS) is 11.9. The molecule has 5 heteroatoms. The van der Waals surface area contributed by atoms with Crippen molar-refractivity contribution in [2.24, 2.45) is 0 Å². The van der Waals surface area contributed by atoms with Gasteiger partial charge >= 0.3 is 5.97 Å². The second-order valence-corrected chi connectivity index (χ2v) is 3.38. The summed E-state index contributed by atoms with van der Waals surface area (Å²) in [5.41, 5.74) is 0.343. The van der Waals surface area contributed by atoms with Crippen molar-refractivity contribution in [2.45, 2.75) is 13.0 Å². The zero-order valence-corrected chi connectivity index (χ0v) is 9.77. The third kappa shape index (κ3) is 3.29. The highest BCUT2D eigenvalue weighted by Crippen LogP contribution is 2.13. The van der Waals surface area contributed by atoms with Gasteiger partial charge in [-0.05, 0) is 38.2 Å². The summed E-state index contributed by atoms with van der Waals surface area (Å²) >= 11 is 0. The minimum atomic E-state index is -1.21. The third-order valence-corrected chi connectivity index (χ3v) is 2.25. The molecule has 1 rings (SSSR count). The lowest BCUT2D eigenvalue weighted by Gasteiger charge is -2.10. The molecule has 1 aromatic rings. The molecule has 0 bridgehead atoms. The number of nitrogens with one attached hydrogen (secondary N) is 1. The van der Waals surface area contributed by atoms with Crippen molar-refractivity contribution < 1.29 is 19.4 Å². The Balaban J connectivity index is 2.85. The Morgan fingerprint density at radius 1 is 1.35 bits per heavy atom. The van der Waals surface area contributed by atoms with E-state index in [2.05, 4.69) is 5.32 Å². The summed E-state index contributed by atoms with van der Waals surface area (Å²) in [5, 5.41) is 11.3. The SMILES string of the molecule is CCOc1ccc(C(=O)C(NC)C(=O)O)cc1. The Kier molecular flexibility index (Phi) is 4.66. The van der Waals surface area contributed by atoms with Gasteiger partial charge in [0.1, 0.15) is 5.75 Å². The van der Waals surface area contributed by atoms with E-state index in [4.69, 9.17) is 9.84 Å². The summed E-state index contributed by atoms with van der Waals surface area (Å²) in [6.07, 6.45) is 0. The van der Waals surface area contributed by atoms with E-state index >= 15 is 0 Å². The van der Waals surface area contributed by atoms with Crippen LogP contribution in [-0.4, -0.2) is 36.6 Å². The number of ether oxygens (including phenoxy) is 1. The molecule has 1 unspecified atom stereocenters. The molecule has 0 spiro atoms. The molecule has 92 valence electrons. The Hall–Kier alpha value is -1.88. The van der Waals surface area contributed by atoms with E-state index < -0.39 is 17.8 Å². The van der Waals surface area contributed by atoms with Gasteiger partial charge in [-0.15, -0.1) is 0 Å². The van der Waals surface area contributed by atoms with Crippen LogP contribution in [-0.2, 0) is 4.79 Å². The van der Waals surface area contributed by atoms with Gasteiger partial charge in [0.2, 0.25) is 0 Å². The van der Waals surface area contributed by atoms with E-state index in [-0.39, 0.29) is 0 Å². The molecule has 0 saturated heterocycles. The van der Waals surface area contributed by atoms with Crippen LogP contribution in [0.1, 0.15) is 17.3 Å². The molecule has 0 heterocycles. The number of carbonyl (C=O) groups excluding carboxylic acids is 1. The first-order valence-electron chi connectivity index (χ1n) is 5.27. The Morgan fingerprint density at radius 2 is 1.94 bits per heavy atom.